The van der Waals surface area contributed by atoms with Crippen LogP contribution in [0.1, 0.15) is 55.4 Å². The molecular formula is C32H34N4O2. The van der Waals surface area contributed by atoms with E-state index in [1.54, 1.807) is 0 Å². The molecule has 6 nitrogen and oxygen atoms in total. The molecule has 2 aliphatic heterocycles. The van der Waals surface area contributed by atoms with E-state index in [-0.39, 0.29) is 11.8 Å². The van der Waals surface area contributed by atoms with Gasteiger partial charge in [0.25, 0.3) is 11.8 Å². The van der Waals surface area contributed by atoms with Crippen LogP contribution in [-0.4, -0.2) is 23.2 Å². The highest BCUT2D eigenvalue weighted by molar-refractivity contribution is 6.19. The summed E-state index contributed by atoms with van der Waals surface area (Å²) < 4.78 is 0. The molecule has 194 valence electrons. The number of hydrogen-bond acceptors (Lipinski definition) is 4. The smallest absolute Gasteiger partial charge is 0.256 e. The van der Waals surface area contributed by atoms with Crippen molar-refractivity contribution in [3.05, 3.63) is 95.1 Å². The van der Waals surface area contributed by atoms with E-state index in [0.717, 1.165) is 40.9 Å². The van der Waals surface area contributed by atoms with E-state index in [2.05, 4.69) is 41.4 Å². The van der Waals surface area contributed by atoms with E-state index in [9.17, 15) is 9.59 Å². The third kappa shape index (κ3) is 4.67. The standard InChI is InChI=1S/C32H34N4O2/c1-6-7-24-12-14-25(15-13-24)30(28-22(4)33-35(31(28)37)26-16-8-20(2)9-17-26)29-23(5)34-36(32(29)38)27-18-10-21(3)11-19-27/h8-19,28-30H,6-7H2,1-5H3. The van der Waals surface area contributed by atoms with Gasteiger partial charge in [-0.15, -0.1) is 0 Å². The minimum Gasteiger partial charge on any atom is -0.272 e. The van der Waals surface area contributed by atoms with Crippen molar-refractivity contribution in [1.82, 2.24) is 0 Å². The fourth-order valence-electron chi connectivity index (χ4n) is 5.50. The number of rotatable bonds is 7. The molecule has 0 aromatic heterocycles. The lowest BCUT2D eigenvalue weighted by Crippen LogP contribution is -2.40. The topological polar surface area (TPSA) is 65.3 Å². The van der Waals surface area contributed by atoms with E-state index in [1.807, 2.05) is 76.2 Å². The van der Waals surface area contributed by atoms with Gasteiger partial charge in [-0.2, -0.15) is 10.2 Å². The monoisotopic (exact) mass is 506 g/mol. The normalized spacial score (nSPS) is 20.1. The van der Waals surface area contributed by atoms with Gasteiger partial charge in [0.1, 0.15) is 0 Å². The van der Waals surface area contributed by atoms with Gasteiger partial charge >= 0.3 is 0 Å². The highest BCUT2D eigenvalue weighted by Gasteiger charge is 2.50. The molecule has 0 saturated heterocycles. The quantitative estimate of drug-likeness (QED) is 0.371. The summed E-state index contributed by atoms with van der Waals surface area (Å²) in [4.78, 5) is 28.0. The Labute approximate surface area is 224 Å². The maximum Gasteiger partial charge on any atom is 0.256 e. The van der Waals surface area contributed by atoms with Crippen LogP contribution in [0.25, 0.3) is 0 Å². The number of carbonyl (C=O) groups is 2. The number of amides is 2. The third-order valence-electron chi connectivity index (χ3n) is 7.54. The average Bonchev–Trinajstić information content (AvgIpc) is 3.36. The fraction of sp³-hybridized carbons (Fsp3) is 0.312. The molecule has 0 saturated carbocycles. The van der Waals surface area contributed by atoms with Crippen molar-refractivity contribution in [2.24, 2.45) is 22.0 Å². The first-order valence-electron chi connectivity index (χ1n) is 13.3. The molecule has 0 N–H and O–H groups in total. The van der Waals surface area contributed by atoms with Crippen molar-refractivity contribution in [2.75, 3.05) is 10.0 Å². The molecule has 2 amide bonds. The minimum atomic E-state index is -0.578. The number of aryl methyl sites for hydroxylation is 3. The second kappa shape index (κ2) is 10.4. The maximum absolute atomic E-state index is 14.0. The first-order chi connectivity index (χ1) is 18.3. The Morgan fingerprint density at radius 2 is 1.08 bits per heavy atom. The van der Waals surface area contributed by atoms with Crippen LogP contribution in [0.2, 0.25) is 0 Å². The van der Waals surface area contributed by atoms with E-state index in [0.29, 0.717) is 11.4 Å². The Morgan fingerprint density at radius 1 is 0.658 bits per heavy atom. The largest absolute Gasteiger partial charge is 0.272 e. The summed E-state index contributed by atoms with van der Waals surface area (Å²) in [5.41, 5.74) is 7.27. The molecule has 2 aliphatic rings. The molecular weight excluding hydrogens is 472 g/mol. The van der Waals surface area contributed by atoms with Gasteiger partial charge in [-0.25, -0.2) is 10.0 Å². The molecule has 0 radical (unpaired) electrons. The highest BCUT2D eigenvalue weighted by atomic mass is 16.2. The van der Waals surface area contributed by atoms with E-state index >= 15 is 0 Å². The first kappa shape index (κ1) is 25.6. The molecule has 2 heterocycles. The van der Waals surface area contributed by atoms with E-state index in [1.165, 1.54) is 15.6 Å². The van der Waals surface area contributed by atoms with Gasteiger partial charge in [0, 0.05) is 17.3 Å². The van der Waals surface area contributed by atoms with Gasteiger partial charge in [-0.3, -0.25) is 9.59 Å². The summed E-state index contributed by atoms with van der Waals surface area (Å²) in [5.74, 6) is -1.83. The summed E-state index contributed by atoms with van der Waals surface area (Å²) in [5, 5.41) is 12.4. The van der Waals surface area contributed by atoms with Crippen molar-refractivity contribution in [1.29, 1.82) is 0 Å². The first-order valence-corrected chi connectivity index (χ1v) is 13.3. The van der Waals surface area contributed by atoms with Crippen LogP contribution in [0.15, 0.2) is 83.0 Å². The lowest BCUT2D eigenvalue weighted by Gasteiger charge is -2.29. The number of anilines is 2. The second-order valence-electron chi connectivity index (χ2n) is 10.4. The van der Waals surface area contributed by atoms with Crippen molar-refractivity contribution in [2.45, 2.75) is 53.4 Å². The van der Waals surface area contributed by atoms with Crippen LogP contribution in [0.3, 0.4) is 0 Å². The Morgan fingerprint density at radius 3 is 1.47 bits per heavy atom. The molecule has 3 aromatic carbocycles. The Hall–Kier alpha value is -4.06. The van der Waals surface area contributed by atoms with Gasteiger partial charge in [0.15, 0.2) is 0 Å². The zero-order valence-electron chi connectivity index (χ0n) is 22.7. The zero-order valence-corrected chi connectivity index (χ0v) is 22.7. The number of hydrogen-bond donors (Lipinski definition) is 0. The maximum atomic E-state index is 14.0. The Bertz CT molecular complexity index is 1320. The van der Waals surface area contributed by atoms with Crippen LogP contribution < -0.4 is 10.0 Å². The van der Waals surface area contributed by atoms with Crippen LogP contribution in [0, 0.1) is 25.7 Å². The third-order valence-corrected chi connectivity index (χ3v) is 7.54. The predicted octanol–water partition coefficient (Wildman–Crippen LogP) is 6.42. The van der Waals surface area contributed by atoms with Gasteiger partial charge in [-0.05, 0) is 69.5 Å². The van der Waals surface area contributed by atoms with Gasteiger partial charge in [-0.1, -0.05) is 73.0 Å². The number of hydrazone groups is 2. The van der Waals surface area contributed by atoms with Gasteiger partial charge < -0.3 is 0 Å². The summed E-state index contributed by atoms with van der Waals surface area (Å²) in [6.07, 6.45) is 2.04. The zero-order chi connectivity index (χ0) is 27.0. The van der Waals surface area contributed by atoms with Crippen molar-refractivity contribution < 1.29 is 9.59 Å². The van der Waals surface area contributed by atoms with Crippen LogP contribution in [0.5, 0.6) is 0 Å². The number of benzene rings is 3. The summed E-state index contributed by atoms with van der Waals surface area (Å²) in [6.45, 7) is 9.96. The molecule has 38 heavy (non-hydrogen) atoms. The summed E-state index contributed by atoms with van der Waals surface area (Å²) in [7, 11) is 0. The number of nitrogens with zero attached hydrogens (tertiary/aromatic N) is 4. The predicted molar refractivity (Wildman–Crippen MR) is 154 cm³/mol. The molecule has 0 spiro atoms. The van der Waals surface area contributed by atoms with Crippen molar-refractivity contribution >= 4 is 34.6 Å². The van der Waals surface area contributed by atoms with E-state index in [4.69, 9.17) is 0 Å². The Balaban J connectivity index is 1.55. The number of carbonyl (C=O) groups excluding carboxylic acids is 2. The molecule has 6 heteroatoms. The SMILES string of the molecule is CCCc1ccc(C(C2C(=O)N(c3ccc(C)cc3)N=C2C)C2C(=O)N(c3ccc(C)cc3)N=C2C)cc1. The van der Waals surface area contributed by atoms with Gasteiger partial charge in [0.2, 0.25) is 0 Å². The van der Waals surface area contributed by atoms with Crippen LogP contribution >= 0.6 is 0 Å². The lowest BCUT2D eigenvalue weighted by molar-refractivity contribution is -0.122. The van der Waals surface area contributed by atoms with Gasteiger partial charge in [0.05, 0.1) is 23.2 Å². The average molecular weight is 507 g/mol. The molecule has 3 aromatic rings. The van der Waals surface area contributed by atoms with E-state index < -0.39 is 17.8 Å². The molecule has 2 atom stereocenters. The summed E-state index contributed by atoms with van der Waals surface area (Å²) >= 11 is 0. The Kier molecular flexibility index (Phi) is 6.98. The summed E-state index contributed by atoms with van der Waals surface area (Å²) in [6, 6.07) is 23.9. The fourth-order valence-corrected chi connectivity index (χ4v) is 5.50. The molecule has 2 unspecified atom stereocenters. The molecule has 5 rings (SSSR count). The second-order valence-corrected chi connectivity index (χ2v) is 10.4. The molecule has 0 aliphatic carbocycles. The highest BCUT2D eigenvalue weighted by Crippen LogP contribution is 2.42. The van der Waals surface area contributed by atoms with Crippen LogP contribution in [0.4, 0.5) is 11.4 Å². The molecule has 0 fully saturated rings. The minimum absolute atomic E-state index is 0.122. The lowest BCUT2D eigenvalue weighted by atomic mass is 9.73. The van der Waals surface area contributed by atoms with Crippen molar-refractivity contribution in [3.8, 4) is 0 Å². The molecule has 0 bridgehead atoms. The van der Waals surface area contributed by atoms with Crippen molar-refractivity contribution in [3.63, 3.8) is 0 Å². The van der Waals surface area contributed by atoms with Crippen LogP contribution in [-0.2, 0) is 16.0 Å².